The monoisotopic (exact) mass is 181 g/mol. The number of ether oxygens (including phenoxy) is 2. The minimum absolute atomic E-state index is 0.0572. The van der Waals surface area contributed by atoms with Gasteiger partial charge in [0.05, 0.1) is 25.5 Å². The van der Waals surface area contributed by atoms with E-state index in [0.717, 1.165) is 0 Å². The molecule has 70 valence electrons. The highest BCUT2D eigenvalue weighted by molar-refractivity contribution is 5.15. The first-order valence-corrected chi connectivity index (χ1v) is 4.19. The van der Waals surface area contributed by atoms with Gasteiger partial charge >= 0.3 is 0 Å². The van der Waals surface area contributed by atoms with E-state index < -0.39 is 0 Å². The van der Waals surface area contributed by atoms with Gasteiger partial charge in [-0.2, -0.15) is 0 Å². The van der Waals surface area contributed by atoms with Crippen molar-refractivity contribution < 1.29 is 14.6 Å². The molecule has 1 aliphatic rings. The molecule has 1 N–H and O–H groups in total. The maximum Gasteiger partial charge on any atom is 0.213 e. The van der Waals surface area contributed by atoms with Gasteiger partial charge in [-0.1, -0.05) is 6.07 Å². The van der Waals surface area contributed by atoms with E-state index in [1.165, 1.54) is 0 Å². The summed E-state index contributed by atoms with van der Waals surface area (Å²) in [5.41, 5.74) is 0.623. The maximum atomic E-state index is 8.82. The van der Waals surface area contributed by atoms with Gasteiger partial charge in [0.2, 0.25) is 5.88 Å². The Morgan fingerprint density at radius 2 is 2.38 bits per heavy atom. The predicted octanol–water partition coefficient (Wildman–Crippen LogP) is 0.351. The van der Waals surface area contributed by atoms with Crippen LogP contribution in [0.5, 0.6) is 5.88 Å². The lowest BCUT2D eigenvalue weighted by Gasteiger charge is -2.26. The molecule has 1 aliphatic heterocycles. The number of aliphatic hydroxyl groups excluding tert-OH is 1. The van der Waals surface area contributed by atoms with Crippen LogP contribution < -0.4 is 4.74 Å². The molecule has 0 radical (unpaired) electrons. The molecule has 0 bridgehead atoms. The Labute approximate surface area is 76.1 Å². The summed E-state index contributed by atoms with van der Waals surface area (Å²) in [6.07, 6.45) is 0.126. The molecule has 0 spiro atoms. The van der Waals surface area contributed by atoms with Crippen molar-refractivity contribution in [1.82, 2.24) is 4.98 Å². The zero-order valence-corrected chi connectivity index (χ0v) is 7.14. The third-order valence-corrected chi connectivity index (χ3v) is 1.84. The summed E-state index contributed by atoms with van der Waals surface area (Å²) in [5.74, 6) is 0.555. The third-order valence-electron chi connectivity index (χ3n) is 1.84. The van der Waals surface area contributed by atoms with Gasteiger partial charge in [0.1, 0.15) is 6.10 Å². The zero-order chi connectivity index (χ0) is 9.10. The molecule has 4 nitrogen and oxygen atoms in total. The average Bonchev–Trinajstić information content (AvgIpc) is 2.12. The molecule has 0 aromatic carbocycles. The van der Waals surface area contributed by atoms with E-state index in [2.05, 4.69) is 4.98 Å². The van der Waals surface area contributed by atoms with Crippen LogP contribution in [0.4, 0.5) is 0 Å². The number of aromatic nitrogens is 1. The van der Waals surface area contributed by atoms with Crippen LogP contribution in [0.3, 0.4) is 0 Å². The van der Waals surface area contributed by atoms with Crippen molar-refractivity contribution in [2.45, 2.75) is 12.7 Å². The largest absolute Gasteiger partial charge is 0.469 e. The summed E-state index contributed by atoms with van der Waals surface area (Å²) < 4.78 is 10.4. The molecule has 0 amide bonds. The lowest BCUT2D eigenvalue weighted by Crippen LogP contribution is -2.38. The normalized spacial score (nSPS) is 16.7. The Bertz CT molecular complexity index is 286. The van der Waals surface area contributed by atoms with E-state index >= 15 is 0 Å². The topological polar surface area (TPSA) is 51.6 Å². The van der Waals surface area contributed by atoms with Gasteiger partial charge < -0.3 is 14.6 Å². The summed E-state index contributed by atoms with van der Waals surface area (Å²) >= 11 is 0. The molecule has 0 unspecified atom stereocenters. The van der Waals surface area contributed by atoms with Gasteiger partial charge in [-0.05, 0) is 6.07 Å². The maximum absolute atomic E-state index is 8.82. The fourth-order valence-electron chi connectivity index (χ4n) is 1.06. The molecule has 0 aliphatic carbocycles. The Hall–Kier alpha value is -1.13. The van der Waals surface area contributed by atoms with E-state index in [4.69, 9.17) is 14.6 Å². The zero-order valence-electron chi connectivity index (χ0n) is 7.14. The molecule has 0 atom stereocenters. The van der Waals surface area contributed by atoms with Crippen molar-refractivity contribution in [1.29, 1.82) is 0 Å². The molecule has 1 fully saturated rings. The van der Waals surface area contributed by atoms with Gasteiger partial charge in [-0.3, -0.25) is 0 Å². The molecule has 1 aromatic rings. The number of aliphatic hydroxyl groups is 1. The lowest BCUT2D eigenvalue weighted by atomic mass is 10.3. The highest BCUT2D eigenvalue weighted by Crippen LogP contribution is 2.13. The predicted molar refractivity (Wildman–Crippen MR) is 45.4 cm³/mol. The summed E-state index contributed by atoms with van der Waals surface area (Å²) in [6.45, 7) is 1.20. The fraction of sp³-hybridized carbons (Fsp3) is 0.444. The van der Waals surface area contributed by atoms with Crippen molar-refractivity contribution in [2.75, 3.05) is 13.2 Å². The second-order valence-corrected chi connectivity index (χ2v) is 2.90. The van der Waals surface area contributed by atoms with Crippen LogP contribution in [0.2, 0.25) is 0 Å². The highest BCUT2D eigenvalue weighted by Gasteiger charge is 2.20. The van der Waals surface area contributed by atoms with Gasteiger partial charge in [0.15, 0.2) is 0 Å². The molecular weight excluding hydrogens is 170 g/mol. The Kier molecular flexibility index (Phi) is 2.42. The first-order valence-electron chi connectivity index (χ1n) is 4.19. The van der Waals surface area contributed by atoms with E-state index in [9.17, 15) is 0 Å². The molecule has 13 heavy (non-hydrogen) atoms. The minimum atomic E-state index is -0.0572. The Morgan fingerprint density at radius 3 is 3.00 bits per heavy atom. The number of hydrogen-bond acceptors (Lipinski definition) is 4. The van der Waals surface area contributed by atoms with Crippen LogP contribution >= 0.6 is 0 Å². The molecule has 1 saturated heterocycles. The van der Waals surface area contributed by atoms with Gasteiger partial charge in [0, 0.05) is 6.07 Å². The minimum Gasteiger partial charge on any atom is -0.469 e. The van der Waals surface area contributed by atoms with Gasteiger partial charge in [-0.15, -0.1) is 0 Å². The lowest BCUT2D eigenvalue weighted by molar-refractivity contribution is -0.0814. The highest BCUT2D eigenvalue weighted by atomic mass is 16.6. The first-order chi connectivity index (χ1) is 6.38. The molecule has 0 saturated carbocycles. The Morgan fingerprint density at radius 1 is 1.54 bits per heavy atom. The van der Waals surface area contributed by atoms with Gasteiger partial charge in [0.25, 0.3) is 0 Å². The second-order valence-electron chi connectivity index (χ2n) is 2.90. The van der Waals surface area contributed by atoms with Crippen molar-refractivity contribution in [2.24, 2.45) is 0 Å². The van der Waals surface area contributed by atoms with Crippen LogP contribution in [-0.2, 0) is 11.3 Å². The second kappa shape index (κ2) is 3.72. The number of pyridine rings is 1. The van der Waals surface area contributed by atoms with E-state index in [0.29, 0.717) is 24.8 Å². The summed E-state index contributed by atoms with van der Waals surface area (Å²) in [6, 6.07) is 5.34. The first kappa shape index (κ1) is 8.47. The molecule has 1 aromatic heterocycles. The van der Waals surface area contributed by atoms with Crippen LogP contribution in [-0.4, -0.2) is 29.4 Å². The van der Waals surface area contributed by atoms with Crippen molar-refractivity contribution in [3.8, 4) is 5.88 Å². The third kappa shape index (κ3) is 1.96. The molecule has 2 rings (SSSR count). The molecule has 4 heteroatoms. The number of hydrogen-bond donors (Lipinski definition) is 1. The van der Waals surface area contributed by atoms with Crippen LogP contribution in [0, 0.1) is 0 Å². The summed E-state index contributed by atoms with van der Waals surface area (Å²) in [4.78, 5) is 4.09. The number of rotatable bonds is 3. The summed E-state index contributed by atoms with van der Waals surface area (Å²) in [5, 5.41) is 8.82. The number of nitrogens with zero attached hydrogens (tertiary/aromatic N) is 1. The van der Waals surface area contributed by atoms with Crippen LogP contribution in [0.25, 0.3) is 0 Å². The summed E-state index contributed by atoms with van der Waals surface area (Å²) in [7, 11) is 0. The smallest absolute Gasteiger partial charge is 0.213 e. The standard InChI is InChI=1S/C9H11NO3/c11-4-7-2-1-3-9(10-7)13-8-5-12-6-8/h1-3,8,11H,4-6H2. The Balaban J connectivity index is 2.01. The van der Waals surface area contributed by atoms with E-state index in [1.54, 1.807) is 12.1 Å². The SMILES string of the molecule is OCc1cccc(OC2COC2)n1. The van der Waals surface area contributed by atoms with Crippen molar-refractivity contribution in [3.63, 3.8) is 0 Å². The van der Waals surface area contributed by atoms with Crippen molar-refractivity contribution in [3.05, 3.63) is 23.9 Å². The fourth-order valence-corrected chi connectivity index (χ4v) is 1.06. The van der Waals surface area contributed by atoms with Crippen LogP contribution in [0.1, 0.15) is 5.69 Å². The van der Waals surface area contributed by atoms with Gasteiger partial charge in [-0.25, -0.2) is 4.98 Å². The average molecular weight is 181 g/mol. The van der Waals surface area contributed by atoms with E-state index in [-0.39, 0.29) is 12.7 Å². The molecule has 2 heterocycles. The quantitative estimate of drug-likeness (QED) is 0.731. The van der Waals surface area contributed by atoms with E-state index in [1.807, 2.05) is 6.07 Å². The van der Waals surface area contributed by atoms with Crippen LogP contribution in [0.15, 0.2) is 18.2 Å². The molecular formula is C9H11NO3. The van der Waals surface area contributed by atoms with Crippen molar-refractivity contribution >= 4 is 0 Å².